The van der Waals surface area contributed by atoms with Crippen molar-refractivity contribution in [1.29, 1.82) is 0 Å². The van der Waals surface area contributed by atoms with Crippen LogP contribution in [0.4, 0.5) is 0 Å². The molecule has 0 saturated heterocycles. The molecule has 2 aromatic carbocycles. The van der Waals surface area contributed by atoms with Crippen LogP contribution in [-0.4, -0.2) is 19.3 Å². The van der Waals surface area contributed by atoms with Crippen LogP contribution in [-0.2, 0) is 0 Å². The molecule has 0 radical (unpaired) electrons. The van der Waals surface area contributed by atoms with E-state index in [9.17, 15) is 5.11 Å². The Morgan fingerprint density at radius 1 is 0.900 bits per heavy atom. The number of hydrogen-bond donors (Lipinski definition) is 1. The quantitative estimate of drug-likeness (QED) is 0.830. The summed E-state index contributed by atoms with van der Waals surface area (Å²) in [6.07, 6.45) is 0.564. The van der Waals surface area contributed by atoms with E-state index in [1.165, 1.54) is 10.8 Å². The predicted molar refractivity (Wildman–Crippen MR) is 89.0 cm³/mol. The third kappa shape index (κ3) is 3.38. The van der Waals surface area contributed by atoms with Gasteiger partial charge in [0.2, 0.25) is 0 Å². The van der Waals surface area contributed by atoms with Crippen molar-refractivity contribution >= 4 is 13.3 Å². The van der Waals surface area contributed by atoms with Crippen molar-refractivity contribution in [3.63, 3.8) is 0 Å². The smallest absolute Gasteiger partial charge is 0.0880 e. The molecule has 0 aromatic heterocycles. The van der Waals surface area contributed by atoms with Crippen molar-refractivity contribution in [2.45, 2.75) is 38.1 Å². The van der Waals surface area contributed by atoms with E-state index in [-0.39, 0.29) is 6.10 Å². The van der Waals surface area contributed by atoms with Crippen molar-refractivity contribution in [3.05, 3.63) is 66.2 Å². The summed E-state index contributed by atoms with van der Waals surface area (Å²) in [6.45, 7) is 6.70. The van der Waals surface area contributed by atoms with Crippen LogP contribution in [0, 0.1) is 0 Å². The molecule has 0 bridgehead atoms. The highest BCUT2D eigenvalue weighted by Gasteiger charge is 2.35. The lowest BCUT2D eigenvalue weighted by molar-refractivity contribution is 0.182. The Hall–Kier alpha value is -1.38. The van der Waals surface area contributed by atoms with Gasteiger partial charge >= 0.3 is 0 Å². The number of benzene rings is 2. The second-order valence-corrected chi connectivity index (χ2v) is 10.9. The fraction of sp³-hybridized carbons (Fsp3) is 0.333. The van der Waals surface area contributed by atoms with E-state index in [4.69, 9.17) is 0 Å². The predicted octanol–water partition coefficient (Wildman–Crippen LogP) is 3.70. The lowest BCUT2D eigenvalue weighted by Crippen LogP contribution is -2.48. The summed E-state index contributed by atoms with van der Waals surface area (Å²) in [6, 6.07) is 21.4. The molecule has 0 spiro atoms. The van der Waals surface area contributed by atoms with E-state index in [1.54, 1.807) is 0 Å². The maximum Gasteiger partial charge on any atom is 0.0880 e. The van der Waals surface area contributed by atoms with Gasteiger partial charge in [-0.2, -0.15) is 0 Å². The van der Waals surface area contributed by atoms with Gasteiger partial charge in [0.25, 0.3) is 0 Å². The van der Waals surface area contributed by atoms with Gasteiger partial charge in [-0.25, -0.2) is 0 Å². The van der Waals surface area contributed by atoms with Crippen molar-refractivity contribution < 1.29 is 5.11 Å². The Kier molecular flexibility index (Phi) is 4.79. The van der Waals surface area contributed by atoms with E-state index in [2.05, 4.69) is 73.8 Å². The second kappa shape index (κ2) is 6.38. The first-order valence-corrected chi connectivity index (χ1v) is 10.4. The molecular weight excluding hydrogens is 260 g/mol. The number of aliphatic hydroxyl groups is 1. The third-order valence-electron chi connectivity index (χ3n) is 4.17. The van der Waals surface area contributed by atoms with Gasteiger partial charge in [-0.05, 0) is 24.4 Å². The molecule has 20 heavy (non-hydrogen) atoms. The van der Waals surface area contributed by atoms with E-state index in [1.807, 2.05) is 6.92 Å². The van der Waals surface area contributed by atoms with Gasteiger partial charge in [0, 0.05) is 0 Å². The Bertz CT molecular complexity index is 520. The van der Waals surface area contributed by atoms with Crippen LogP contribution in [0.2, 0.25) is 13.1 Å². The van der Waals surface area contributed by atoms with Crippen molar-refractivity contribution in [2.24, 2.45) is 0 Å². The highest BCUT2D eigenvalue weighted by Crippen LogP contribution is 2.31. The summed E-state index contributed by atoms with van der Waals surface area (Å²) in [5, 5.41) is 11.4. The summed E-state index contributed by atoms with van der Waals surface area (Å²) < 4.78 is 0. The summed E-state index contributed by atoms with van der Waals surface area (Å²) in [5.74, 6) is 0. The topological polar surface area (TPSA) is 20.2 Å². The molecule has 2 aromatic rings. The highest BCUT2D eigenvalue weighted by molar-refractivity contribution is 6.90. The van der Waals surface area contributed by atoms with Crippen LogP contribution >= 0.6 is 0 Å². The Balaban J connectivity index is 2.41. The summed E-state index contributed by atoms with van der Waals surface area (Å²) in [5.41, 5.74) is 1.79. The molecule has 0 heterocycles. The molecule has 0 aliphatic rings. The summed E-state index contributed by atoms with van der Waals surface area (Å²) in [4.78, 5) is 0. The van der Waals surface area contributed by atoms with Crippen molar-refractivity contribution in [3.8, 4) is 0 Å². The maximum atomic E-state index is 9.92. The number of aliphatic hydroxyl groups excluding tert-OH is 1. The molecule has 0 aliphatic carbocycles. The van der Waals surface area contributed by atoms with Gasteiger partial charge < -0.3 is 5.11 Å². The first kappa shape index (κ1) is 15.0. The van der Waals surface area contributed by atoms with Gasteiger partial charge in [0.05, 0.1) is 14.2 Å². The average molecular weight is 284 g/mol. The lowest BCUT2D eigenvalue weighted by Gasteiger charge is -2.34. The minimum Gasteiger partial charge on any atom is -0.393 e. The third-order valence-corrected chi connectivity index (χ3v) is 8.30. The van der Waals surface area contributed by atoms with E-state index >= 15 is 0 Å². The van der Waals surface area contributed by atoms with Gasteiger partial charge in [0.1, 0.15) is 0 Å². The molecule has 0 aliphatic heterocycles. The normalized spacial score (nSPS) is 14.8. The SMILES string of the molecule is C[C@H](O)C[C@H](c1ccccc1)[Si](C)(C)c1ccccc1. The first-order chi connectivity index (χ1) is 9.51. The minimum absolute atomic E-state index is 0.268. The lowest BCUT2D eigenvalue weighted by atomic mass is 10.1. The van der Waals surface area contributed by atoms with Crippen LogP contribution in [0.15, 0.2) is 60.7 Å². The Morgan fingerprint density at radius 3 is 1.90 bits per heavy atom. The molecule has 1 N–H and O–H groups in total. The summed E-state index contributed by atoms with van der Waals surface area (Å²) in [7, 11) is -1.67. The van der Waals surface area contributed by atoms with Crippen LogP contribution < -0.4 is 5.19 Å². The molecule has 0 amide bonds. The van der Waals surface area contributed by atoms with Crippen LogP contribution in [0.3, 0.4) is 0 Å². The summed E-state index contributed by atoms with van der Waals surface area (Å²) >= 11 is 0. The zero-order valence-corrected chi connectivity index (χ0v) is 13.6. The van der Waals surface area contributed by atoms with Gasteiger partial charge in [-0.15, -0.1) is 0 Å². The maximum absolute atomic E-state index is 9.92. The first-order valence-electron chi connectivity index (χ1n) is 7.30. The largest absolute Gasteiger partial charge is 0.393 e. The molecule has 0 fully saturated rings. The van der Waals surface area contributed by atoms with E-state index in [0.29, 0.717) is 5.54 Å². The standard InChI is InChI=1S/C18H24OSi/c1-15(19)14-18(16-10-6-4-7-11-16)20(2,3)17-12-8-5-9-13-17/h4-13,15,18-19H,14H2,1-3H3/t15-,18+/m0/s1. The molecule has 0 unspecified atom stereocenters. The fourth-order valence-electron chi connectivity index (χ4n) is 2.94. The molecule has 2 atom stereocenters. The molecule has 106 valence electrons. The van der Waals surface area contributed by atoms with Gasteiger partial charge in [-0.1, -0.05) is 78.9 Å². The Labute approximate surface area is 123 Å². The number of hydrogen-bond acceptors (Lipinski definition) is 1. The number of rotatable bonds is 5. The monoisotopic (exact) mass is 284 g/mol. The van der Waals surface area contributed by atoms with E-state index in [0.717, 1.165) is 6.42 Å². The average Bonchev–Trinajstić information content (AvgIpc) is 2.46. The molecule has 2 heteroatoms. The van der Waals surface area contributed by atoms with Crippen molar-refractivity contribution in [1.82, 2.24) is 0 Å². The fourth-order valence-corrected chi connectivity index (χ4v) is 6.35. The zero-order chi connectivity index (χ0) is 14.6. The van der Waals surface area contributed by atoms with Crippen LogP contribution in [0.1, 0.15) is 24.4 Å². The van der Waals surface area contributed by atoms with E-state index < -0.39 is 8.07 Å². The molecular formula is C18H24OSi. The van der Waals surface area contributed by atoms with Crippen LogP contribution in [0.5, 0.6) is 0 Å². The highest BCUT2D eigenvalue weighted by atomic mass is 28.3. The van der Waals surface area contributed by atoms with Crippen molar-refractivity contribution in [2.75, 3.05) is 0 Å². The van der Waals surface area contributed by atoms with Gasteiger partial charge in [0.15, 0.2) is 0 Å². The zero-order valence-electron chi connectivity index (χ0n) is 12.6. The second-order valence-electron chi connectivity index (χ2n) is 6.14. The molecule has 1 nitrogen and oxygen atoms in total. The Morgan fingerprint density at radius 2 is 1.40 bits per heavy atom. The van der Waals surface area contributed by atoms with Gasteiger partial charge in [-0.3, -0.25) is 0 Å². The van der Waals surface area contributed by atoms with Crippen LogP contribution in [0.25, 0.3) is 0 Å². The minimum atomic E-state index is -1.67. The molecule has 0 saturated carbocycles. The molecule has 2 rings (SSSR count).